The Bertz CT molecular complexity index is 354. The van der Waals surface area contributed by atoms with Crippen molar-refractivity contribution in [2.75, 3.05) is 13.7 Å². The molecular formula is C13H18O2. The van der Waals surface area contributed by atoms with Gasteiger partial charge in [-0.15, -0.1) is 0 Å². The quantitative estimate of drug-likeness (QED) is 0.757. The molecule has 1 aliphatic heterocycles. The fourth-order valence-corrected chi connectivity index (χ4v) is 2.01. The van der Waals surface area contributed by atoms with Crippen molar-refractivity contribution in [2.24, 2.45) is 0 Å². The lowest BCUT2D eigenvalue weighted by Gasteiger charge is -2.40. The Morgan fingerprint density at radius 1 is 1.47 bits per heavy atom. The highest BCUT2D eigenvalue weighted by molar-refractivity contribution is 5.41. The van der Waals surface area contributed by atoms with Gasteiger partial charge in [0.05, 0.1) is 19.3 Å². The zero-order valence-electron chi connectivity index (χ0n) is 9.67. The molecular weight excluding hydrogens is 188 g/mol. The monoisotopic (exact) mass is 206 g/mol. The number of hydrogen-bond acceptors (Lipinski definition) is 2. The van der Waals surface area contributed by atoms with Gasteiger partial charge >= 0.3 is 0 Å². The molecule has 0 N–H and O–H groups in total. The van der Waals surface area contributed by atoms with E-state index in [4.69, 9.17) is 9.47 Å². The van der Waals surface area contributed by atoms with Crippen LogP contribution in [-0.4, -0.2) is 13.7 Å². The number of aryl methyl sites for hydroxylation is 1. The normalized spacial score (nSPS) is 24.7. The van der Waals surface area contributed by atoms with E-state index < -0.39 is 0 Å². The van der Waals surface area contributed by atoms with Gasteiger partial charge in [-0.1, -0.05) is 13.0 Å². The number of methoxy groups -OCH3 is 1. The van der Waals surface area contributed by atoms with Crippen molar-refractivity contribution in [3.05, 3.63) is 29.3 Å². The van der Waals surface area contributed by atoms with Gasteiger partial charge in [-0.05, 0) is 31.0 Å². The maximum Gasteiger partial charge on any atom is 0.124 e. The van der Waals surface area contributed by atoms with E-state index in [0.29, 0.717) is 0 Å². The molecule has 0 amide bonds. The molecule has 0 radical (unpaired) electrons. The van der Waals surface area contributed by atoms with E-state index in [2.05, 4.69) is 26.0 Å². The molecule has 1 atom stereocenters. The summed E-state index contributed by atoms with van der Waals surface area (Å²) in [6.45, 7) is 5.15. The van der Waals surface area contributed by atoms with Gasteiger partial charge in [-0.2, -0.15) is 0 Å². The highest BCUT2D eigenvalue weighted by atomic mass is 16.5. The van der Waals surface area contributed by atoms with Crippen molar-refractivity contribution < 1.29 is 9.47 Å². The highest BCUT2D eigenvalue weighted by Gasteiger charge is 2.37. The van der Waals surface area contributed by atoms with Crippen LogP contribution >= 0.6 is 0 Å². The minimum atomic E-state index is -0.128. The zero-order valence-corrected chi connectivity index (χ0v) is 9.67. The van der Waals surface area contributed by atoms with E-state index in [9.17, 15) is 0 Å². The SMILES string of the molecule is CCc1ccc(OC)c(C2(C)CCO2)c1. The van der Waals surface area contributed by atoms with Crippen LogP contribution in [0, 0.1) is 0 Å². The first-order valence-corrected chi connectivity index (χ1v) is 5.51. The van der Waals surface area contributed by atoms with Crippen LogP contribution in [0.3, 0.4) is 0 Å². The Morgan fingerprint density at radius 2 is 2.20 bits per heavy atom. The van der Waals surface area contributed by atoms with Crippen LogP contribution < -0.4 is 4.74 Å². The van der Waals surface area contributed by atoms with Gasteiger partial charge in [-0.3, -0.25) is 0 Å². The van der Waals surface area contributed by atoms with Crippen LogP contribution in [0.4, 0.5) is 0 Å². The summed E-state index contributed by atoms with van der Waals surface area (Å²) in [5, 5.41) is 0. The highest BCUT2D eigenvalue weighted by Crippen LogP contribution is 2.41. The van der Waals surface area contributed by atoms with Gasteiger partial charge in [0.2, 0.25) is 0 Å². The van der Waals surface area contributed by atoms with Crippen LogP contribution in [0.1, 0.15) is 31.4 Å². The molecule has 1 unspecified atom stereocenters. The van der Waals surface area contributed by atoms with Gasteiger partial charge in [0.15, 0.2) is 0 Å². The standard InChI is InChI=1S/C13H18O2/c1-4-10-5-6-12(14-3)11(9-10)13(2)7-8-15-13/h5-6,9H,4,7-8H2,1-3H3. The smallest absolute Gasteiger partial charge is 0.124 e. The second kappa shape index (κ2) is 3.86. The minimum absolute atomic E-state index is 0.128. The zero-order chi connectivity index (χ0) is 10.9. The van der Waals surface area contributed by atoms with Crippen molar-refractivity contribution in [3.8, 4) is 5.75 Å². The van der Waals surface area contributed by atoms with Crippen LogP contribution in [0.5, 0.6) is 5.75 Å². The largest absolute Gasteiger partial charge is 0.496 e. The van der Waals surface area contributed by atoms with Crippen molar-refractivity contribution in [1.82, 2.24) is 0 Å². The van der Waals surface area contributed by atoms with Gasteiger partial charge in [0, 0.05) is 12.0 Å². The topological polar surface area (TPSA) is 18.5 Å². The molecule has 0 saturated carbocycles. The summed E-state index contributed by atoms with van der Waals surface area (Å²) in [6.07, 6.45) is 2.13. The average molecular weight is 206 g/mol. The maximum absolute atomic E-state index is 5.67. The van der Waals surface area contributed by atoms with Gasteiger partial charge in [0.1, 0.15) is 5.75 Å². The van der Waals surface area contributed by atoms with Crippen LogP contribution in [0.25, 0.3) is 0 Å². The molecule has 15 heavy (non-hydrogen) atoms. The molecule has 2 rings (SSSR count). The van der Waals surface area contributed by atoms with Gasteiger partial charge in [0.25, 0.3) is 0 Å². The molecule has 1 aromatic rings. The van der Waals surface area contributed by atoms with E-state index >= 15 is 0 Å². The maximum atomic E-state index is 5.67. The predicted octanol–water partition coefficient (Wildman–Crippen LogP) is 2.89. The van der Waals surface area contributed by atoms with Crippen LogP contribution in [-0.2, 0) is 16.8 Å². The summed E-state index contributed by atoms with van der Waals surface area (Å²) >= 11 is 0. The predicted molar refractivity (Wildman–Crippen MR) is 60.3 cm³/mol. The third kappa shape index (κ3) is 1.74. The minimum Gasteiger partial charge on any atom is -0.496 e. The molecule has 1 aromatic carbocycles. The lowest BCUT2D eigenvalue weighted by atomic mass is 9.86. The van der Waals surface area contributed by atoms with E-state index in [0.717, 1.165) is 25.2 Å². The van der Waals surface area contributed by atoms with Crippen LogP contribution in [0.15, 0.2) is 18.2 Å². The van der Waals surface area contributed by atoms with Crippen molar-refractivity contribution in [3.63, 3.8) is 0 Å². The molecule has 0 aromatic heterocycles. The summed E-state index contributed by atoms with van der Waals surface area (Å²) in [5.41, 5.74) is 2.40. The summed E-state index contributed by atoms with van der Waals surface area (Å²) in [5.74, 6) is 0.939. The first-order valence-electron chi connectivity index (χ1n) is 5.51. The van der Waals surface area contributed by atoms with E-state index in [1.165, 1.54) is 11.1 Å². The molecule has 0 spiro atoms. The Balaban J connectivity index is 2.41. The Kier molecular flexibility index (Phi) is 2.70. The molecule has 1 saturated heterocycles. The lowest BCUT2D eigenvalue weighted by Crippen LogP contribution is -2.38. The fraction of sp³-hybridized carbons (Fsp3) is 0.538. The third-order valence-electron chi connectivity index (χ3n) is 3.24. The molecule has 2 nitrogen and oxygen atoms in total. The van der Waals surface area contributed by atoms with Crippen molar-refractivity contribution >= 4 is 0 Å². The Morgan fingerprint density at radius 3 is 2.67 bits per heavy atom. The Hall–Kier alpha value is -1.02. The molecule has 82 valence electrons. The van der Waals surface area contributed by atoms with Crippen LogP contribution in [0.2, 0.25) is 0 Å². The third-order valence-corrected chi connectivity index (χ3v) is 3.24. The number of benzene rings is 1. The second-order valence-electron chi connectivity index (χ2n) is 4.22. The van der Waals surface area contributed by atoms with Crippen molar-refractivity contribution in [1.29, 1.82) is 0 Å². The summed E-state index contributed by atoms with van der Waals surface area (Å²) < 4.78 is 11.1. The lowest BCUT2D eigenvalue weighted by molar-refractivity contribution is -0.141. The molecule has 0 aliphatic carbocycles. The molecule has 1 aliphatic rings. The summed E-state index contributed by atoms with van der Waals surface area (Å²) in [4.78, 5) is 0. The summed E-state index contributed by atoms with van der Waals surface area (Å²) in [7, 11) is 1.71. The first kappa shape index (κ1) is 10.5. The number of hydrogen-bond donors (Lipinski definition) is 0. The number of rotatable bonds is 3. The summed E-state index contributed by atoms with van der Waals surface area (Å²) in [6, 6.07) is 6.36. The molecule has 0 bridgehead atoms. The van der Waals surface area contributed by atoms with E-state index in [1.54, 1.807) is 7.11 Å². The second-order valence-corrected chi connectivity index (χ2v) is 4.22. The average Bonchev–Trinajstić information content (AvgIpc) is 2.25. The van der Waals surface area contributed by atoms with Gasteiger partial charge in [-0.25, -0.2) is 0 Å². The first-order chi connectivity index (χ1) is 7.19. The van der Waals surface area contributed by atoms with E-state index in [-0.39, 0.29) is 5.60 Å². The van der Waals surface area contributed by atoms with E-state index in [1.807, 2.05) is 6.07 Å². The molecule has 1 heterocycles. The van der Waals surface area contributed by atoms with Crippen molar-refractivity contribution in [2.45, 2.75) is 32.3 Å². The number of ether oxygens (including phenoxy) is 2. The molecule has 2 heteroatoms. The fourth-order valence-electron chi connectivity index (χ4n) is 2.01. The molecule has 1 fully saturated rings. The Labute approximate surface area is 91.2 Å². The van der Waals surface area contributed by atoms with Gasteiger partial charge < -0.3 is 9.47 Å².